The van der Waals surface area contributed by atoms with Crippen molar-refractivity contribution in [3.8, 4) is 0 Å². The molecule has 0 saturated heterocycles. The number of carbonyl (C=O) groups excluding carboxylic acids is 1. The highest BCUT2D eigenvalue weighted by molar-refractivity contribution is 5.90. The SMILES string of the molecule is CCCCCCCCCC(=O)Nc1ccc(CC(=O)O)cc1. The van der Waals surface area contributed by atoms with Crippen molar-refractivity contribution in [3.63, 3.8) is 0 Å². The van der Waals surface area contributed by atoms with Crippen molar-refractivity contribution in [3.05, 3.63) is 29.8 Å². The second kappa shape index (κ2) is 10.8. The van der Waals surface area contributed by atoms with Crippen molar-refractivity contribution in [2.75, 3.05) is 5.32 Å². The third-order valence-electron chi connectivity index (χ3n) is 3.60. The number of nitrogens with one attached hydrogen (secondary N) is 1. The molecule has 0 aliphatic heterocycles. The largest absolute Gasteiger partial charge is 0.481 e. The van der Waals surface area contributed by atoms with E-state index < -0.39 is 5.97 Å². The summed E-state index contributed by atoms with van der Waals surface area (Å²) in [7, 11) is 0. The van der Waals surface area contributed by atoms with Gasteiger partial charge in [-0.2, -0.15) is 0 Å². The van der Waals surface area contributed by atoms with Gasteiger partial charge in [0.2, 0.25) is 5.91 Å². The van der Waals surface area contributed by atoms with Gasteiger partial charge in [0.15, 0.2) is 0 Å². The number of rotatable bonds is 11. The minimum atomic E-state index is -0.851. The van der Waals surface area contributed by atoms with Gasteiger partial charge in [-0.15, -0.1) is 0 Å². The van der Waals surface area contributed by atoms with Crippen molar-refractivity contribution >= 4 is 17.6 Å². The number of anilines is 1. The van der Waals surface area contributed by atoms with Crippen LogP contribution in [0.3, 0.4) is 0 Å². The Kier molecular flexibility index (Phi) is 8.96. The maximum Gasteiger partial charge on any atom is 0.307 e. The maximum absolute atomic E-state index is 11.8. The zero-order valence-electron chi connectivity index (χ0n) is 13.4. The fourth-order valence-electron chi connectivity index (χ4n) is 2.35. The van der Waals surface area contributed by atoms with Crippen molar-refractivity contribution < 1.29 is 14.7 Å². The summed E-state index contributed by atoms with van der Waals surface area (Å²) in [4.78, 5) is 22.4. The molecule has 2 N–H and O–H groups in total. The predicted molar refractivity (Wildman–Crippen MR) is 89.0 cm³/mol. The first-order valence-electron chi connectivity index (χ1n) is 8.22. The van der Waals surface area contributed by atoms with Gasteiger partial charge in [0.1, 0.15) is 0 Å². The summed E-state index contributed by atoms with van der Waals surface area (Å²) in [5.41, 5.74) is 1.46. The standard InChI is InChI=1S/C18H27NO3/c1-2-3-4-5-6-7-8-9-17(20)19-16-12-10-15(11-13-16)14-18(21)22/h10-13H,2-9,14H2,1H3,(H,19,20)(H,21,22). The lowest BCUT2D eigenvalue weighted by atomic mass is 10.1. The minimum Gasteiger partial charge on any atom is -0.481 e. The van der Waals surface area contributed by atoms with Crippen LogP contribution in [0.15, 0.2) is 24.3 Å². The Bertz CT molecular complexity index is 454. The van der Waals surface area contributed by atoms with Crippen LogP contribution in [-0.2, 0) is 16.0 Å². The van der Waals surface area contributed by atoms with Crippen LogP contribution in [0.2, 0.25) is 0 Å². The topological polar surface area (TPSA) is 66.4 Å². The molecular weight excluding hydrogens is 278 g/mol. The van der Waals surface area contributed by atoms with E-state index in [9.17, 15) is 9.59 Å². The Morgan fingerprint density at radius 1 is 0.955 bits per heavy atom. The molecule has 0 radical (unpaired) electrons. The number of aliphatic carboxylic acids is 1. The molecule has 4 nitrogen and oxygen atoms in total. The molecule has 1 aromatic rings. The van der Waals surface area contributed by atoms with Gasteiger partial charge in [-0.05, 0) is 24.1 Å². The quantitative estimate of drug-likeness (QED) is 0.596. The van der Waals surface area contributed by atoms with Crippen LogP contribution in [0, 0.1) is 0 Å². The van der Waals surface area contributed by atoms with E-state index in [0.717, 1.165) is 24.1 Å². The van der Waals surface area contributed by atoms with Crippen LogP contribution in [0.4, 0.5) is 5.69 Å². The highest BCUT2D eigenvalue weighted by atomic mass is 16.4. The number of amides is 1. The molecule has 1 amide bonds. The summed E-state index contributed by atoms with van der Waals surface area (Å²) in [6.45, 7) is 2.21. The summed E-state index contributed by atoms with van der Waals surface area (Å²) in [6, 6.07) is 6.97. The van der Waals surface area contributed by atoms with Gasteiger partial charge in [0.05, 0.1) is 6.42 Å². The van der Waals surface area contributed by atoms with Crippen LogP contribution in [0.1, 0.15) is 63.9 Å². The van der Waals surface area contributed by atoms with E-state index in [1.807, 2.05) is 0 Å². The third-order valence-corrected chi connectivity index (χ3v) is 3.60. The second-order valence-corrected chi connectivity index (χ2v) is 5.69. The first-order chi connectivity index (χ1) is 10.6. The highest BCUT2D eigenvalue weighted by Crippen LogP contribution is 2.12. The van der Waals surface area contributed by atoms with Crippen LogP contribution in [-0.4, -0.2) is 17.0 Å². The molecule has 0 bridgehead atoms. The van der Waals surface area contributed by atoms with E-state index in [-0.39, 0.29) is 12.3 Å². The van der Waals surface area contributed by atoms with Crippen LogP contribution < -0.4 is 5.32 Å². The molecule has 1 aromatic carbocycles. The summed E-state index contributed by atoms with van der Waals surface area (Å²) in [5, 5.41) is 11.5. The van der Waals surface area contributed by atoms with Gasteiger partial charge in [0, 0.05) is 12.1 Å². The average Bonchev–Trinajstić information content (AvgIpc) is 2.48. The number of carbonyl (C=O) groups is 2. The summed E-state index contributed by atoms with van der Waals surface area (Å²) < 4.78 is 0. The van der Waals surface area contributed by atoms with Gasteiger partial charge >= 0.3 is 5.97 Å². The van der Waals surface area contributed by atoms with Gasteiger partial charge in [-0.1, -0.05) is 57.6 Å². The van der Waals surface area contributed by atoms with Crippen molar-refractivity contribution in [2.24, 2.45) is 0 Å². The number of carboxylic acid groups (broad SMARTS) is 1. The van der Waals surface area contributed by atoms with E-state index in [2.05, 4.69) is 12.2 Å². The van der Waals surface area contributed by atoms with Gasteiger partial charge in [-0.25, -0.2) is 0 Å². The molecule has 0 unspecified atom stereocenters. The number of unbranched alkanes of at least 4 members (excludes halogenated alkanes) is 6. The van der Waals surface area contributed by atoms with Crippen molar-refractivity contribution in [2.45, 2.75) is 64.7 Å². The van der Waals surface area contributed by atoms with Crippen LogP contribution in [0.5, 0.6) is 0 Å². The Morgan fingerprint density at radius 3 is 2.14 bits per heavy atom. The van der Waals surface area contributed by atoms with Gasteiger partial charge < -0.3 is 10.4 Å². The molecule has 0 fully saturated rings. The molecule has 0 spiro atoms. The minimum absolute atomic E-state index is 0.00621. The fourth-order valence-corrected chi connectivity index (χ4v) is 2.35. The fraction of sp³-hybridized carbons (Fsp3) is 0.556. The number of hydrogen-bond donors (Lipinski definition) is 2. The van der Waals surface area contributed by atoms with Crippen molar-refractivity contribution in [1.29, 1.82) is 0 Å². The molecule has 0 saturated carbocycles. The summed E-state index contributed by atoms with van der Waals surface area (Å²) >= 11 is 0. The Morgan fingerprint density at radius 2 is 1.55 bits per heavy atom. The highest BCUT2D eigenvalue weighted by Gasteiger charge is 2.04. The Labute approximate surface area is 132 Å². The molecule has 0 heterocycles. The summed E-state index contributed by atoms with van der Waals surface area (Å²) in [5.74, 6) is -0.824. The lowest BCUT2D eigenvalue weighted by molar-refractivity contribution is -0.136. The van der Waals surface area contributed by atoms with E-state index in [4.69, 9.17) is 5.11 Å². The molecule has 1 rings (SSSR count). The normalized spacial score (nSPS) is 10.4. The maximum atomic E-state index is 11.8. The number of hydrogen-bond acceptors (Lipinski definition) is 2. The van der Waals surface area contributed by atoms with Gasteiger partial charge in [-0.3, -0.25) is 9.59 Å². The van der Waals surface area contributed by atoms with E-state index >= 15 is 0 Å². The smallest absolute Gasteiger partial charge is 0.307 e. The Hall–Kier alpha value is -1.84. The first-order valence-corrected chi connectivity index (χ1v) is 8.22. The second-order valence-electron chi connectivity index (χ2n) is 5.69. The van der Waals surface area contributed by atoms with Crippen LogP contribution in [0.25, 0.3) is 0 Å². The van der Waals surface area contributed by atoms with Crippen molar-refractivity contribution in [1.82, 2.24) is 0 Å². The predicted octanol–water partition coefficient (Wildman–Crippen LogP) is 4.39. The molecule has 0 atom stereocenters. The van der Waals surface area contributed by atoms with E-state index in [1.165, 1.54) is 32.1 Å². The monoisotopic (exact) mass is 305 g/mol. The van der Waals surface area contributed by atoms with Crippen LogP contribution >= 0.6 is 0 Å². The molecule has 122 valence electrons. The molecule has 0 aliphatic carbocycles. The molecular formula is C18H27NO3. The lowest BCUT2D eigenvalue weighted by Crippen LogP contribution is -2.11. The van der Waals surface area contributed by atoms with E-state index in [1.54, 1.807) is 24.3 Å². The molecule has 22 heavy (non-hydrogen) atoms. The number of benzene rings is 1. The number of carboxylic acids is 1. The van der Waals surface area contributed by atoms with Gasteiger partial charge in [0.25, 0.3) is 0 Å². The summed E-state index contributed by atoms with van der Waals surface area (Å²) in [6.07, 6.45) is 8.91. The molecule has 4 heteroatoms. The zero-order chi connectivity index (χ0) is 16.2. The lowest BCUT2D eigenvalue weighted by Gasteiger charge is -2.06. The zero-order valence-corrected chi connectivity index (χ0v) is 13.4. The first kappa shape index (κ1) is 18.2. The van der Waals surface area contributed by atoms with E-state index in [0.29, 0.717) is 6.42 Å². The molecule has 0 aromatic heterocycles. The third kappa shape index (κ3) is 8.45. The Balaban J connectivity index is 2.17. The molecule has 0 aliphatic rings. The average molecular weight is 305 g/mol.